The van der Waals surface area contributed by atoms with Crippen LogP contribution in [0.3, 0.4) is 0 Å². The molecule has 5 heteroatoms. The summed E-state index contributed by atoms with van der Waals surface area (Å²) in [6, 6.07) is 5.75. The summed E-state index contributed by atoms with van der Waals surface area (Å²) < 4.78 is 5.11. The molecule has 1 aromatic heterocycles. The van der Waals surface area contributed by atoms with E-state index < -0.39 is 0 Å². The maximum atomic E-state index is 9.20. The molecular formula is C14H19N3O2. The van der Waals surface area contributed by atoms with Crippen molar-refractivity contribution >= 4 is 22.1 Å². The highest BCUT2D eigenvalue weighted by atomic mass is 16.5. The lowest BCUT2D eigenvalue weighted by atomic mass is 10.1. The summed E-state index contributed by atoms with van der Waals surface area (Å²) in [5.74, 6) is 0. The number of pyridine rings is 1. The zero-order chi connectivity index (χ0) is 13.7. The molecule has 0 aliphatic carbocycles. The zero-order valence-electron chi connectivity index (χ0n) is 11.0. The zero-order valence-corrected chi connectivity index (χ0v) is 11.0. The Kier molecular flexibility index (Phi) is 4.54. The lowest BCUT2D eigenvalue weighted by molar-refractivity contribution is 0.203. The van der Waals surface area contributed by atoms with Gasteiger partial charge in [0.15, 0.2) is 0 Å². The van der Waals surface area contributed by atoms with Crippen LogP contribution < -0.4 is 10.6 Å². The number of nitrogen functional groups attached to an aromatic ring is 1. The number of nitrogens with two attached hydrogens (primary N) is 1. The van der Waals surface area contributed by atoms with Gasteiger partial charge in [-0.3, -0.25) is 4.98 Å². The predicted molar refractivity (Wildman–Crippen MR) is 77.3 cm³/mol. The number of ether oxygens (including phenoxy) is 1. The number of hydrogen-bond acceptors (Lipinski definition) is 5. The van der Waals surface area contributed by atoms with Gasteiger partial charge in [-0.2, -0.15) is 0 Å². The van der Waals surface area contributed by atoms with Crippen LogP contribution in [0.5, 0.6) is 0 Å². The van der Waals surface area contributed by atoms with Crippen molar-refractivity contribution in [2.24, 2.45) is 0 Å². The minimum absolute atomic E-state index is 0.0931. The van der Waals surface area contributed by atoms with Gasteiger partial charge in [0, 0.05) is 54.7 Å². The number of aliphatic hydroxyl groups is 1. The Balaban J connectivity index is 2.44. The molecule has 0 atom stereocenters. The van der Waals surface area contributed by atoms with Gasteiger partial charge in [-0.05, 0) is 18.2 Å². The van der Waals surface area contributed by atoms with E-state index in [1.807, 2.05) is 18.2 Å². The highest BCUT2D eigenvalue weighted by Crippen LogP contribution is 2.29. The topological polar surface area (TPSA) is 71.6 Å². The monoisotopic (exact) mass is 261 g/mol. The average molecular weight is 261 g/mol. The number of nitrogens with zero attached hydrogens (tertiary/aromatic N) is 2. The number of methoxy groups -OCH3 is 1. The van der Waals surface area contributed by atoms with E-state index in [4.69, 9.17) is 10.5 Å². The SMILES string of the molecule is COCCN(CCO)c1ccc(N)c2ccncc12. The van der Waals surface area contributed by atoms with Gasteiger partial charge < -0.3 is 20.5 Å². The van der Waals surface area contributed by atoms with Crippen molar-refractivity contribution in [2.75, 3.05) is 44.0 Å². The third-order valence-electron chi connectivity index (χ3n) is 3.10. The van der Waals surface area contributed by atoms with E-state index in [1.54, 1.807) is 19.5 Å². The molecule has 0 unspecified atom stereocenters. The Bertz CT molecular complexity index is 545. The second-order valence-corrected chi connectivity index (χ2v) is 4.30. The fourth-order valence-electron chi connectivity index (χ4n) is 2.15. The summed E-state index contributed by atoms with van der Waals surface area (Å²) >= 11 is 0. The average Bonchev–Trinajstić information content (AvgIpc) is 2.45. The molecule has 19 heavy (non-hydrogen) atoms. The molecule has 0 bridgehead atoms. The van der Waals surface area contributed by atoms with Gasteiger partial charge in [0.05, 0.1) is 13.2 Å². The number of hydrogen-bond donors (Lipinski definition) is 2. The lowest BCUT2D eigenvalue weighted by Gasteiger charge is -2.25. The Morgan fingerprint density at radius 3 is 2.84 bits per heavy atom. The van der Waals surface area contributed by atoms with Gasteiger partial charge >= 0.3 is 0 Å². The van der Waals surface area contributed by atoms with E-state index in [0.717, 1.165) is 22.1 Å². The second kappa shape index (κ2) is 6.36. The van der Waals surface area contributed by atoms with Crippen LogP contribution in [0, 0.1) is 0 Å². The molecule has 102 valence electrons. The first-order valence-electron chi connectivity index (χ1n) is 6.25. The van der Waals surface area contributed by atoms with E-state index in [0.29, 0.717) is 19.7 Å². The largest absolute Gasteiger partial charge is 0.398 e. The Hall–Kier alpha value is -1.85. The number of fused-ring (bicyclic) bond motifs is 1. The van der Waals surface area contributed by atoms with Crippen LogP contribution in [0.2, 0.25) is 0 Å². The number of benzene rings is 1. The van der Waals surface area contributed by atoms with Crippen molar-refractivity contribution in [2.45, 2.75) is 0 Å². The molecule has 0 saturated carbocycles. The van der Waals surface area contributed by atoms with Crippen LogP contribution in [-0.2, 0) is 4.74 Å². The van der Waals surface area contributed by atoms with E-state index >= 15 is 0 Å². The summed E-state index contributed by atoms with van der Waals surface area (Å²) in [5.41, 5.74) is 7.73. The van der Waals surface area contributed by atoms with E-state index in [1.165, 1.54) is 0 Å². The Morgan fingerprint density at radius 2 is 2.11 bits per heavy atom. The summed E-state index contributed by atoms with van der Waals surface area (Å²) in [7, 11) is 1.67. The molecule has 0 fully saturated rings. The third kappa shape index (κ3) is 2.94. The Labute approximate surface area is 112 Å². The lowest BCUT2D eigenvalue weighted by Crippen LogP contribution is -2.30. The quantitative estimate of drug-likeness (QED) is 0.766. The first-order chi connectivity index (χ1) is 9.27. The van der Waals surface area contributed by atoms with Crippen molar-refractivity contribution in [3.63, 3.8) is 0 Å². The van der Waals surface area contributed by atoms with Gasteiger partial charge in [-0.15, -0.1) is 0 Å². The molecule has 0 radical (unpaired) electrons. The van der Waals surface area contributed by atoms with Crippen LogP contribution in [-0.4, -0.2) is 43.5 Å². The smallest absolute Gasteiger partial charge is 0.0637 e. The minimum atomic E-state index is 0.0931. The maximum Gasteiger partial charge on any atom is 0.0637 e. The summed E-state index contributed by atoms with van der Waals surface area (Å²) in [4.78, 5) is 6.24. The van der Waals surface area contributed by atoms with Crippen LogP contribution in [0.15, 0.2) is 30.6 Å². The maximum absolute atomic E-state index is 9.20. The van der Waals surface area contributed by atoms with E-state index in [2.05, 4.69) is 9.88 Å². The molecule has 0 aliphatic heterocycles. The molecule has 3 N–H and O–H groups in total. The Morgan fingerprint density at radius 1 is 1.26 bits per heavy atom. The normalized spacial score (nSPS) is 10.8. The van der Waals surface area contributed by atoms with Crippen molar-refractivity contribution < 1.29 is 9.84 Å². The van der Waals surface area contributed by atoms with Gasteiger partial charge in [0.1, 0.15) is 0 Å². The van der Waals surface area contributed by atoms with Crippen LogP contribution in [0.1, 0.15) is 0 Å². The highest BCUT2D eigenvalue weighted by Gasteiger charge is 2.11. The van der Waals surface area contributed by atoms with Crippen molar-refractivity contribution in [3.8, 4) is 0 Å². The fraction of sp³-hybridized carbons (Fsp3) is 0.357. The van der Waals surface area contributed by atoms with Crippen molar-refractivity contribution in [1.29, 1.82) is 0 Å². The molecule has 1 aromatic carbocycles. The molecule has 2 rings (SSSR count). The van der Waals surface area contributed by atoms with E-state index in [9.17, 15) is 5.11 Å². The molecular weight excluding hydrogens is 242 g/mol. The first kappa shape index (κ1) is 13.6. The summed E-state index contributed by atoms with van der Waals surface area (Å²) in [6.07, 6.45) is 3.53. The summed E-state index contributed by atoms with van der Waals surface area (Å²) in [5, 5.41) is 11.2. The number of rotatable bonds is 6. The van der Waals surface area contributed by atoms with E-state index in [-0.39, 0.29) is 6.61 Å². The molecule has 0 aliphatic rings. The van der Waals surface area contributed by atoms with Gasteiger partial charge in [-0.1, -0.05) is 0 Å². The van der Waals surface area contributed by atoms with Gasteiger partial charge in [0.25, 0.3) is 0 Å². The predicted octanol–water partition coefficient (Wildman–Crippen LogP) is 1.26. The standard InChI is InChI=1S/C14H19N3O2/c1-19-9-7-17(6-8-18)14-3-2-13(15)11-4-5-16-10-12(11)14/h2-5,10,18H,6-9,15H2,1H3. The molecule has 0 saturated heterocycles. The van der Waals surface area contributed by atoms with Crippen molar-refractivity contribution in [1.82, 2.24) is 4.98 Å². The van der Waals surface area contributed by atoms with Crippen LogP contribution >= 0.6 is 0 Å². The molecule has 1 heterocycles. The molecule has 0 spiro atoms. The number of anilines is 2. The fourth-order valence-corrected chi connectivity index (χ4v) is 2.15. The van der Waals surface area contributed by atoms with Gasteiger partial charge in [-0.25, -0.2) is 0 Å². The minimum Gasteiger partial charge on any atom is -0.398 e. The van der Waals surface area contributed by atoms with Gasteiger partial charge in [0.2, 0.25) is 0 Å². The molecule has 2 aromatic rings. The number of aliphatic hydroxyl groups excluding tert-OH is 1. The van der Waals surface area contributed by atoms with Crippen LogP contribution in [0.25, 0.3) is 10.8 Å². The summed E-state index contributed by atoms with van der Waals surface area (Å²) in [6.45, 7) is 1.96. The third-order valence-corrected chi connectivity index (χ3v) is 3.10. The highest BCUT2D eigenvalue weighted by molar-refractivity contribution is 6.00. The molecule has 0 amide bonds. The first-order valence-corrected chi connectivity index (χ1v) is 6.25. The van der Waals surface area contributed by atoms with Crippen LogP contribution in [0.4, 0.5) is 11.4 Å². The molecule has 5 nitrogen and oxygen atoms in total. The second-order valence-electron chi connectivity index (χ2n) is 4.30. The number of aromatic nitrogens is 1. The van der Waals surface area contributed by atoms with Crippen molar-refractivity contribution in [3.05, 3.63) is 30.6 Å².